The molecule has 3 rings (SSSR count). The van der Waals surface area contributed by atoms with Crippen molar-refractivity contribution in [2.75, 3.05) is 4.72 Å². The van der Waals surface area contributed by atoms with Crippen LogP contribution in [0.2, 0.25) is 0 Å². The molecule has 1 N–H and O–H groups in total. The number of pyridine rings is 1. The normalized spacial score (nSPS) is 11.1. The summed E-state index contributed by atoms with van der Waals surface area (Å²) >= 11 is 3.41. The van der Waals surface area contributed by atoms with Gasteiger partial charge >= 0.3 is 0 Å². The fraction of sp³-hybridized carbons (Fsp3) is 0. The lowest BCUT2D eigenvalue weighted by molar-refractivity contribution is 0.601. The molecule has 23 heavy (non-hydrogen) atoms. The van der Waals surface area contributed by atoms with Gasteiger partial charge in [-0.25, -0.2) is 8.42 Å². The van der Waals surface area contributed by atoms with Crippen molar-refractivity contribution in [3.8, 4) is 6.07 Å². The van der Waals surface area contributed by atoms with Crippen LogP contribution in [0.4, 0.5) is 5.69 Å². The van der Waals surface area contributed by atoms with Crippen molar-refractivity contribution in [3.63, 3.8) is 0 Å². The summed E-state index contributed by atoms with van der Waals surface area (Å²) in [6.45, 7) is 0. The van der Waals surface area contributed by atoms with Gasteiger partial charge in [0, 0.05) is 9.86 Å². The molecule has 0 spiro atoms. The van der Waals surface area contributed by atoms with E-state index >= 15 is 0 Å². The third-order valence-electron chi connectivity index (χ3n) is 3.21. The molecule has 3 aromatic rings. The van der Waals surface area contributed by atoms with E-state index in [-0.39, 0.29) is 4.90 Å². The van der Waals surface area contributed by atoms with Gasteiger partial charge in [0.15, 0.2) is 0 Å². The van der Waals surface area contributed by atoms with Crippen LogP contribution in [0, 0.1) is 11.3 Å². The van der Waals surface area contributed by atoms with E-state index in [0.29, 0.717) is 11.3 Å². The van der Waals surface area contributed by atoms with E-state index in [1.807, 2.05) is 24.3 Å². The molecule has 7 heteroatoms. The van der Waals surface area contributed by atoms with E-state index < -0.39 is 10.0 Å². The quantitative estimate of drug-likeness (QED) is 0.742. The molecule has 0 bridgehead atoms. The SMILES string of the molecule is N#Cc1ccc(S(=O)(=O)Nc2cnc3c(Br)cccc3c2)cc1. The molecule has 0 aliphatic heterocycles. The summed E-state index contributed by atoms with van der Waals surface area (Å²) < 4.78 is 28.1. The summed E-state index contributed by atoms with van der Waals surface area (Å²) in [6, 6.07) is 15.0. The highest BCUT2D eigenvalue weighted by molar-refractivity contribution is 9.10. The fourth-order valence-corrected chi connectivity index (χ4v) is 3.62. The summed E-state index contributed by atoms with van der Waals surface area (Å²) in [7, 11) is -3.73. The second kappa shape index (κ2) is 5.99. The second-order valence-electron chi connectivity index (χ2n) is 4.78. The maximum atomic E-state index is 12.4. The molecule has 2 aromatic carbocycles. The van der Waals surface area contributed by atoms with Crippen molar-refractivity contribution in [1.29, 1.82) is 5.26 Å². The first kappa shape index (κ1) is 15.5. The van der Waals surface area contributed by atoms with Gasteiger partial charge in [-0.3, -0.25) is 9.71 Å². The molecule has 0 fully saturated rings. The minimum absolute atomic E-state index is 0.0887. The largest absolute Gasteiger partial charge is 0.278 e. The van der Waals surface area contributed by atoms with E-state index in [0.717, 1.165) is 15.4 Å². The van der Waals surface area contributed by atoms with Crippen LogP contribution in [-0.4, -0.2) is 13.4 Å². The van der Waals surface area contributed by atoms with Gasteiger partial charge in [0.2, 0.25) is 0 Å². The number of hydrogen-bond donors (Lipinski definition) is 1. The Labute approximate surface area is 141 Å². The molecule has 114 valence electrons. The first-order chi connectivity index (χ1) is 11.0. The third kappa shape index (κ3) is 3.18. The molecule has 0 atom stereocenters. The Bertz CT molecular complexity index is 1030. The zero-order chi connectivity index (χ0) is 16.4. The van der Waals surface area contributed by atoms with Crippen molar-refractivity contribution in [2.24, 2.45) is 0 Å². The average Bonchev–Trinajstić information content (AvgIpc) is 2.54. The molecule has 0 saturated carbocycles. The van der Waals surface area contributed by atoms with Crippen LogP contribution >= 0.6 is 15.9 Å². The van der Waals surface area contributed by atoms with Crippen LogP contribution in [0.3, 0.4) is 0 Å². The molecule has 0 radical (unpaired) electrons. The van der Waals surface area contributed by atoms with Crippen LogP contribution < -0.4 is 4.72 Å². The smallest absolute Gasteiger partial charge is 0.261 e. The summed E-state index contributed by atoms with van der Waals surface area (Å²) in [4.78, 5) is 4.36. The summed E-state index contributed by atoms with van der Waals surface area (Å²) in [5, 5.41) is 9.58. The van der Waals surface area contributed by atoms with Crippen LogP contribution in [0.25, 0.3) is 10.9 Å². The number of aromatic nitrogens is 1. The van der Waals surface area contributed by atoms with E-state index in [2.05, 4.69) is 25.6 Å². The van der Waals surface area contributed by atoms with E-state index in [1.54, 1.807) is 6.07 Å². The monoisotopic (exact) mass is 387 g/mol. The predicted molar refractivity (Wildman–Crippen MR) is 91.4 cm³/mol. The van der Waals surface area contributed by atoms with E-state index in [9.17, 15) is 8.42 Å². The number of para-hydroxylation sites is 1. The Morgan fingerprint density at radius 2 is 1.87 bits per heavy atom. The number of anilines is 1. The molecule has 1 heterocycles. The molecule has 0 aliphatic rings. The van der Waals surface area contributed by atoms with Gasteiger partial charge in [0.05, 0.1) is 33.9 Å². The highest BCUT2D eigenvalue weighted by Gasteiger charge is 2.14. The second-order valence-corrected chi connectivity index (χ2v) is 7.31. The maximum Gasteiger partial charge on any atom is 0.261 e. The van der Waals surface area contributed by atoms with Crippen molar-refractivity contribution < 1.29 is 8.42 Å². The van der Waals surface area contributed by atoms with Crippen molar-refractivity contribution in [2.45, 2.75) is 4.90 Å². The van der Waals surface area contributed by atoms with Gasteiger partial charge in [0.1, 0.15) is 0 Å². The molecule has 0 amide bonds. The molecule has 0 saturated heterocycles. The Balaban J connectivity index is 1.95. The van der Waals surface area contributed by atoms with Gasteiger partial charge in [0.25, 0.3) is 10.0 Å². The van der Waals surface area contributed by atoms with E-state index in [4.69, 9.17) is 5.26 Å². The first-order valence-electron chi connectivity index (χ1n) is 6.57. The number of halogens is 1. The zero-order valence-electron chi connectivity index (χ0n) is 11.7. The van der Waals surface area contributed by atoms with Crippen LogP contribution in [0.15, 0.2) is 64.1 Å². The highest BCUT2D eigenvalue weighted by atomic mass is 79.9. The van der Waals surface area contributed by atoms with Crippen molar-refractivity contribution in [3.05, 3.63) is 64.8 Å². The fourth-order valence-electron chi connectivity index (χ4n) is 2.10. The lowest BCUT2D eigenvalue weighted by Crippen LogP contribution is -2.13. The summed E-state index contributed by atoms with van der Waals surface area (Å²) in [5.74, 6) is 0. The van der Waals surface area contributed by atoms with Crippen molar-refractivity contribution >= 4 is 42.5 Å². The Hall–Kier alpha value is -2.43. The van der Waals surface area contributed by atoms with Crippen LogP contribution in [0.1, 0.15) is 5.56 Å². The van der Waals surface area contributed by atoms with Crippen LogP contribution in [-0.2, 0) is 10.0 Å². The number of benzene rings is 2. The summed E-state index contributed by atoms with van der Waals surface area (Å²) in [5.41, 5.74) is 1.54. The van der Waals surface area contributed by atoms with Gasteiger partial charge < -0.3 is 0 Å². The van der Waals surface area contributed by atoms with Crippen molar-refractivity contribution in [1.82, 2.24) is 4.98 Å². The number of nitriles is 1. The molecule has 1 aromatic heterocycles. The Morgan fingerprint density at radius 1 is 1.13 bits per heavy atom. The van der Waals surface area contributed by atoms with Gasteiger partial charge in [-0.1, -0.05) is 12.1 Å². The van der Waals surface area contributed by atoms with Gasteiger partial charge in [-0.2, -0.15) is 5.26 Å². The third-order valence-corrected chi connectivity index (χ3v) is 5.24. The van der Waals surface area contributed by atoms with E-state index in [1.165, 1.54) is 30.5 Å². The lowest BCUT2D eigenvalue weighted by Gasteiger charge is -2.09. The Morgan fingerprint density at radius 3 is 2.57 bits per heavy atom. The first-order valence-corrected chi connectivity index (χ1v) is 8.84. The molecular formula is C16H10BrN3O2S. The number of sulfonamides is 1. The number of rotatable bonds is 3. The van der Waals surface area contributed by atoms with Gasteiger partial charge in [-0.15, -0.1) is 0 Å². The number of nitrogens with one attached hydrogen (secondary N) is 1. The average molecular weight is 388 g/mol. The maximum absolute atomic E-state index is 12.4. The molecule has 0 unspecified atom stereocenters. The van der Waals surface area contributed by atoms with Crippen LogP contribution in [0.5, 0.6) is 0 Å². The molecule has 0 aliphatic carbocycles. The lowest BCUT2D eigenvalue weighted by atomic mass is 10.2. The predicted octanol–water partition coefficient (Wildman–Crippen LogP) is 3.67. The standard InChI is InChI=1S/C16H10BrN3O2S/c17-15-3-1-2-12-8-13(10-19-16(12)15)20-23(21,22)14-6-4-11(9-18)5-7-14/h1-8,10,20H. The highest BCUT2D eigenvalue weighted by Crippen LogP contribution is 2.25. The number of fused-ring (bicyclic) bond motifs is 1. The Kier molecular flexibility index (Phi) is 4.03. The molecular weight excluding hydrogens is 378 g/mol. The topological polar surface area (TPSA) is 82.8 Å². The zero-order valence-corrected chi connectivity index (χ0v) is 14.1. The number of nitrogens with zero attached hydrogens (tertiary/aromatic N) is 2. The summed E-state index contributed by atoms with van der Waals surface area (Å²) in [6.07, 6.45) is 1.47. The number of hydrogen-bond acceptors (Lipinski definition) is 4. The minimum atomic E-state index is -3.73. The molecule has 5 nitrogen and oxygen atoms in total. The van der Waals surface area contributed by atoms with Gasteiger partial charge in [-0.05, 0) is 52.3 Å². The minimum Gasteiger partial charge on any atom is -0.278 e.